The first-order chi connectivity index (χ1) is 10.6. The number of hydrogen-bond acceptors (Lipinski definition) is 7. The number of benzene rings is 1. The summed E-state index contributed by atoms with van der Waals surface area (Å²) in [5, 5.41) is 13.3. The number of nitrogens with zero attached hydrogens (tertiary/aromatic N) is 2. The van der Waals surface area contributed by atoms with Gasteiger partial charge in [-0.25, -0.2) is 9.78 Å². The molecule has 1 aromatic carbocycles. The third-order valence-corrected chi connectivity index (χ3v) is 3.33. The largest absolute Gasteiger partial charge is 0.465 e. The highest BCUT2D eigenvalue weighted by Crippen LogP contribution is 2.24. The van der Waals surface area contributed by atoms with Crippen molar-refractivity contribution in [2.24, 2.45) is 0 Å². The topological polar surface area (TPSA) is 110 Å². The quantitative estimate of drug-likeness (QED) is 0.687. The minimum Gasteiger partial charge on any atom is -0.465 e. The lowest BCUT2D eigenvalue weighted by Gasteiger charge is -2.17. The van der Waals surface area contributed by atoms with Crippen molar-refractivity contribution in [3.05, 3.63) is 23.8 Å². The van der Waals surface area contributed by atoms with Gasteiger partial charge in [0.2, 0.25) is 5.95 Å². The van der Waals surface area contributed by atoms with E-state index >= 15 is 0 Å². The SMILES string of the molecule is CCC[C@@H](CO)Nc1nc(N)nc2cc(C(=O)OC)ccc12.S. The second-order valence-electron chi connectivity index (χ2n) is 4.97. The Morgan fingerprint density at radius 1 is 1.43 bits per heavy atom. The van der Waals surface area contributed by atoms with E-state index in [1.54, 1.807) is 18.2 Å². The lowest BCUT2D eigenvalue weighted by Crippen LogP contribution is -2.24. The summed E-state index contributed by atoms with van der Waals surface area (Å²) >= 11 is 0. The second kappa shape index (κ2) is 8.54. The number of aliphatic hydroxyl groups excluding tert-OH is 1. The Balaban J connectivity index is 0.00000264. The van der Waals surface area contributed by atoms with E-state index in [0.717, 1.165) is 18.2 Å². The van der Waals surface area contributed by atoms with Crippen LogP contribution in [0.1, 0.15) is 30.1 Å². The van der Waals surface area contributed by atoms with Crippen LogP contribution in [0.15, 0.2) is 18.2 Å². The van der Waals surface area contributed by atoms with E-state index in [2.05, 4.69) is 15.3 Å². The van der Waals surface area contributed by atoms with E-state index < -0.39 is 5.97 Å². The molecule has 8 heteroatoms. The molecular weight excluding hydrogens is 316 g/mol. The molecule has 0 fully saturated rings. The minimum atomic E-state index is -0.437. The molecule has 0 aliphatic heterocycles. The first-order valence-corrected chi connectivity index (χ1v) is 7.12. The molecule has 0 aliphatic rings. The van der Waals surface area contributed by atoms with Crippen LogP contribution in [0.3, 0.4) is 0 Å². The second-order valence-corrected chi connectivity index (χ2v) is 4.97. The highest BCUT2D eigenvalue weighted by molar-refractivity contribution is 7.59. The molecule has 0 bridgehead atoms. The summed E-state index contributed by atoms with van der Waals surface area (Å²) in [6.45, 7) is 2.04. The molecule has 0 spiro atoms. The van der Waals surface area contributed by atoms with Crippen LogP contribution >= 0.6 is 13.5 Å². The third kappa shape index (κ3) is 4.46. The van der Waals surface area contributed by atoms with Crippen LogP contribution in [0.5, 0.6) is 0 Å². The summed E-state index contributed by atoms with van der Waals surface area (Å²) in [7, 11) is 1.32. The molecule has 126 valence electrons. The smallest absolute Gasteiger partial charge is 0.337 e. The number of nitrogens with two attached hydrogens (primary N) is 1. The van der Waals surface area contributed by atoms with E-state index in [-0.39, 0.29) is 32.1 Å². The minimum absolute atomic E-state index is 0. The van der Waals surface area contributed by atoms with Crippen LogP contribution in [0, 0.1) is 0 Å². The predicted molar refractivity (Wildman–Crippen MR) is 95.1 cm³/mol. The van der Waals surface area contributed by atoms with E-state index in [1.165, 1.54) is 7.11 Å². The van der Waals surface area contributed by atoms with Crippen molar-refractivity contribution < 1.29 is 14.6 Å². The first-order valence-electron chi connectivity index (χ1n) is 7.12. The van der Waals surface area contributed by atoms with Gasteiger partial charge >= 0.3 is 5.97 Å². The number of carbonyl (C=O) groups excluding carboxylic acids is 1. The van der Waals surface area contributed by atoms with Gasteiger partial charge in [-0.2, -0.15) is 18.5 Å². The van der Waals surface area contributed by atoms with Gasteiger partial charge in [0.1, 0.15) is 5.82 Å². The van der Waals surface area contributed by atoms with E-state index in [9.17, 15) is 9.90 Å². The molecule has 1 heterocycles. The maximum Gasteiger partial charge on any atom is 0.337 e. The monoisotopic (exact) mass is 338 g/mol. The number of methoxy groups -OCH3 is 1. The van der Waals surface area contributed by atoms with E-state index in [4.69, 9.17) is 10.5 Å². The number of carbonyl (C=O) groups is 1. The Bertz CT molecular complexity index is 681. The molecule has 0 saturated heterocycles. The van der Waals surface area contributed by atoms with Gasteiger partial charge in [0.25, 0.3) is 0 Å². The summed E-state index contributed by atoms with van der Waals surface area (Å²) in [6.07, 6.45) is 1.74. The number of aliphatic hydroxyl groups is 1. The van der Waals surface area contributed by atoms with Crippen LogP contribution in [-0.2, 0) is 4.74 Å². The first kappa shape index (κ1) is 19.0. The number of ether oxygens (including phenoxy) is 1. The number of aromatic nitrogens is 2. The molecule has 4 N–H and O–H groups in total. The van der Waals surface area contributed by atoms with Gasteiger partial charge in [0.15, 0.2) is 0 Å². The zero-order chi connectivity index (χ0) is 16.1. The Morgan fingerprint density at radius 3 is 2.78 bits per heavy atom. The number of rotatable bonds is 6. The van der Waals surface area contributed by atoms with Crippen molar-refractivity contribution >= 4 is 42.1 Å². The molecule has 23 heavy (non-hydrogen) atoms. The zero-order valence-electron chi connectivity index (χ0n) is 13.2. The van der Waals surface area contributed by atoms with Gasteiger partial charge < -0.3 is 20.9 Å². The summed E-state index contributed by atoms with van der Waals surface area (Å²) < 4.78 is 4.70. The van der Waals surface area contributed by atoms with Crippen molar-refractivity contribution in [2.45, 2.75) is 25.8 Å². The van der Waals surface area contributed by atoms with E-state index in [1.807, 2.05) is 6.92 Å². The number of nitrogen functional groups attached to an aromatic ring is 1. The molecule has 7 nitrogen and oxygen atoms in total. The molecule has 0 radical (unpaired) electrons. The van der Waals surface area contributed by atoms with Crippen molar-refractivity contribution in [3.63, 3.8) is 0 Å². The van der Waals surface area contributed by atoms with Gasteiger partial charge in [-0.3, -0.25) is 0 Å². The molecule has 0 saturated carbocycles. The van der Waals surface area contributed by atoms with Crippen molar-refractivity contribution in [1.82, 2.24) is 9.97 Å². The van der Waals surface area contributed by atoms with Crippen molar-refractivity contribution in [3.8, 4) is 0 Å². The normalized spacial score (nSPS) is 11.6. The fourth-order valence-corrected chi connectivity index (χ4v) is 2.25. The Kier molecular flexibility index (Phi) is 7.05. The molecule has 1 atom stereocenters. The molecule has 2 rings (SSSR count). The van der Waals surface area contributed by atoms with Crippen LogP contribution in [0.2, 0.25) is 0 Å². The van der Waals surface area contributed by atoms with Crippen LogP contribution in [0.4, 0.5) is 11.8 Å². The lowest BCUT2D eigenvalue weighted by molar-refractivity contribution is 0.0601. The van der Waals surface area contributed by atoms with Gasteiger partial charge in [-0.1, -0.05) is 13.3 Å². The standard InChI is InChI=1S/C15H20N4O3.H2S/c1-3-4-10(8-20)17-13-11-6-5-9(14(21)22-2)7-12(11)18-15(16)19-13;/h5-7,10,20H,3-4,8H2,1-2H3,(H3,16,17,18,19);1H2/t10-;/m0./s1. The average Bonchev–Trinajstić information content (AvgIpc) is 2.52. The Hall–Kier alpha value is -2.06. The van der Waals surface area contributed by atoms with Gasteiger partial charge in [0, 0.05) is 5.39 Å². The Morgan fingerprint density at radius 2 is 2.17 bits per heavy atom. The fourth-order valence-electron chi connectivity index (χ4n) is 2.25. The summed E-state index contributed by atoms with van der Waals surface area (Å²) in [5.74, 6) is 0.212. The lowest BCUT2D eigenvalue weighted by atomic mass is 10.1. The molecule has 0 amide bonds. The van der Waals surface area contributed by atoms with E-state index in [0.29, 0.717) is 16.9 Å². The number of fused-ring (bicyclic) bond motifs is 1. The number of nitrogens with one attached hydrogen (secondary N) is 1. The van der Waals surface area contributed by atoms with Gasteiger partial charge in [0.05, 0.1) is 30.8 Å². The van der Waals surface area contributed by atoms with Gasteiger partial charge in [-0.15, -0.1) is 0 Å². The van der Waals surface area contributed by atoms with Crippen molar-refractivity contribution in [2.75, 3.05) is 24.8 Å². The zero-order valence-corrected chi connectivity index (χ0v) is 14.2. The van der Waals surface area contributed by atoms with Crippen molar-refractivity contribution in [1.29, 1.82) is 0 Å². The molecule has 0 aliphatic carbocycles. The molecule has 2 aromatic rings. The molecule has 1 aromatic heterocycles. The maximum atomic E-state index is 11.6. The van der Waals surface area contributed by atoms with Crippen LogP contribution in [-0.4, -0.2) is 40.8 Å². The summed E-state index contributed by atoms with van der Waals surface area (Å²) in [6, 6.07) is 4.89. The van der Waals surface area contributed by atoms with Crippen LogP contribution < -0.4 is 11.1 Å². The maximum absolute atomic E-state index is 11.6. The fraction of sp³-hybridized carbons (Fsp3) is 0.400. The third-order valence-electron chi connectivity index (χ3n) is 3.33. The summed E-state index contributed by atoms with van der Waals surface area (Å²) in [5.41, 5.74) is 6.68. The molecule has 0 unspecified atom stereocenters. The number of hydrogen-bond donors (Lipinski definition) is 3. The number of anilines is 2. The number of esters is 1. The summed E-state index contributed by atoms with van der Waals surface area (Å²) in [4.78, 5) is 19.9. The van der Waals surface area contributed by atoms with Gasteiger partial charge in [-0.05, 0) is 24.6 Å². The predicted octanol–water partition coefficient (Wildman–Crippen LogP) is 1.68. The molecular formula is C15H22N4O3S. The highest BCUT2D eigenvalue weighted by Gasteiger charge is 2.13. The Labute approximate surface area is 141 Å². The highest BCUT2D eigenvalue weighted by atomic mass is 32.1. The van der Waals surface area contributed by atoms with Crippen LogP contribution in [0.25, 0.3) is 10.9 Å². The average molecular weight is 338 g/mol.